The Hall–Kier alpha value is -3.21. The summed E-state index contributed by atoms with van der Waals surface area (Å²) in [5, 5.41) is 28.2. The molecule has 0 fully saturated rings. The number of nitrogens with zero attached hydrogens (tertiary/aromatic N) is 4. The van der Waals surface area contributed by atoms with E-state index >= 15 is 0 Å². The summed E-state index contributed by atoms with van der Waals surface area (Å²) in [6.45, 7) is 4.53. The number of allylic oxidation sites excluding steroid dienone is 1. The highest BCUT2D eigenvalue weighted by atomic mass is 16.1. The van der Waals surface area contributed by atoms with Crippen LogP contribution in [0.2, 0.25) is 0 Å². The third-order valence-corrected chi connectivity index (χ3v) is 3.10. The van der Waals surface area contributed by atoms with E-state index in [4.69, 9.17) is 5.26 Å². The average Bonchev–Trinajstić information content (AvgIpc) is 3.08. The minimum Gasteiger partial charge on any atom is -0.360 e. The monoisotopic (exact) mass is 311 g/mol. The summed E-state index contributed by atoms with van der Waals surface area (Å²) in [5.74, 6) is 0.120. The van der Waals surface area contributed by atoms with Gasteiger partial charge in [0.05, 0.1) is 0 Å². The predicted molar refractivity (Wildman–Crippen MR) is 85.2 cm³/mol. The zero-order chi connectivity index (χ0) is 16.7. The summed E-state index contributed by atoms with van der Waals surface area (Å²) in [6, 6.07) is 7.31. The fourth-order valence-electron chi connectivity index (χ4n) is 1.88. The molecule has 2 aromatic rings. The summed E-state index contributed by atoms with van der Waals surface area (Å²) in [7, 11) is 0. The number of aromatic amines is 1. The second kappa shape index (κ2) is 7.70. The number of amides is 1. The van der Waals surface area contributed by atoms with E-state index in [0.717, 1.165) is 17.7 Å². The SMILES string of the molecule is CCCNC(=O)c1ccc(NC=C(C#N)c2nn[nH]n2)c(C)c1. The van der Waals surface area contributed by atoms with Gasteiger partial charge in [-0.15, -0.1) is 10.2 Å². The van der Waals surface area contributed by atoms with Crippen molar-refractivity contribution in [1.29, 1.82) is 5.26 Å². The molecule has 0 saturated heterocycles. The van der Waals surface area contributed by atoms with Crippen LogP contribution in [0.25, 0.3) is 5.57 Å². The van der Waals surface area contributed by atoms with Crippen molar-refractivity contribution in [3.63, 3.8) is 0 Å². The lowest BCUT2D eigenvalue weighted by Gasteiger charge is -2.09. The fraction of sp³-hybridized carbons (Fsp3) is 0.267. The molecule has 0 aliphatic heterocycles. The van der Waals surface area contributed by atoms with Gasteiger partial charge in [-0.1, -0.05) is 6.92 Å². The van der Waals surface area contributed by atoms with Crippen LogP contribution in [0.4, 0.5) is 5.69 Å². The molecule has 3 N–H and O–H groups in total. The lowest BCUT2D eigenvalue weighted by Crippen LogP contribution is -2.24. The lowest BCUT2D eigenvalue weighted by molar-refractivity contribution is 0.0953. The van der Waals surface area contributed by atoms with E-state index in [9.17, 15) is 4.79 Å². The van der Waals surface area contributed by atoms with E-state index in [2.05, 4.69) is 31.3 Å². The smallest absolute Gasteiger partial charge is 0.251 e. The van der Waals surface area contributed by atoms with Crippen molar-refractivity contribution < 1.29 is 4.79 Å². The number of hydrogen-bond acceptors (Lipinski definition) is 6. The van der Waals surface area contributed by atoms with E-state index in [1.165, 1.54) is 6.20 Å². The van der Waals surface area contributed by atoms with Crippen LogP contribution in [0.1, 0.15) is 35.1 Å². The predicted octanol–water partition coefficient (Wildman–Crippen LogP) is 1.62. The highest BCUT2D eigenvalue weighted by molar-refractivity contribution is 5.95. The minimum absolute atomic E-state index is 0.0958. The number of carbonyl (C=O) groups is 1. The number of hydrogen-bond donors (Lipinski definition) is 3. The third-order valence-electron chi connectivity index (χ3n) is 3.10. The molecule has 0 aliphatic rings. The van der Waals surface area contributed by atoms with Gasteiger partial charge in [0.15, 0.2) is 0 Å². The Kier molecular flexibility index (Phi) is 5.41. The number of carbonyl (C=O) groups excluding carboxylic acids is 1. The number of anilines is 1. The van der Waals surface area contributed by atoms with Gasteiger partial charge in [-0.3, -0.25) is 4.79 Å². The van der Waals surface area contributed by atoms with Crippen LogP contribution in [0.5, 0.6) is 0 Å². The number of aryl methyl sites for hydroxylation is 1. The van der Waals surface area contributed by atoms with Crippen molar-refractivity contribution in [3.8, 4) is 6.07 Å². The minimum atomic E-state index is -0.0958. The molecule has 1 aromatic heterocycles. The number of nitriles is 1. The Morgan fingerprint density at radius 2 is 2.30 bits per heavy atom. The second-order valence-corrected chi connectivity index (χ2v) is 4.84. The Morgan fingerprint density at radius 1 is 1.48 bits per heavy atom. The van der Waals surface area contributed by atoms with Crippen molar-refractivity contribution in [1.82, 2.24) is 25.9 Å². The zero-order valence-corrected chi connectivity index (χ0v) is 12.9. The Bertz CT molecular complexity index is 744. The molecule has 0 bridgehead atoms. The maximum Gasteiger partial charge on any atom is 0.251 e. The summed E-state index contributed by atoms with van der Waals surface area (Å²) in [4.78, 5) is 11.9. The van der Waals surface area contributed by atoms with E-state index in [0.29, 0.717) is 12.1 Å². The molecular formula is C15H17N7O. The maximum atomic E-state index is 11.9. The second-order valence-electron chi connectivity index (χ2n) is 4.84. The van der Waals surface area contributed by atoms with Crippen molar-refractivity contribution in [2.75, 3.05) is 11.9 Å². The average molecular weight is 311 g/mol. The quantitative estimate of drug-likeness (QED) is 0.697. The van der Waals surface area contributed by atoms with Gasteiger partial charge in [-0.05, 0) is 42.3 Å². The number of rotatable bonds is 6. The molecule has 0 aliphatic carbocycles. The number of nitrogens with one attached hydrogen (secondary N) is 3. The molecule has 8 heteroatoms. The highest BCUT2D eigenvalue weighted by Crippen LogP contribution is 2.18. The molecule has 0 spiro atoms. The summed E-state index contributed by atoms with van der Waals surface area (Å²) < 4.78 is 0. The first-order valence-electron chi connectivity index (χ1n) is 7.15. The van der Waals surface area contributed by atoms with Crippen LogP contribution in [0, 0.1) is 18.3 Å². The first-order valence-corrected chi connectivity index (χ1v) is 7.15. The van der Waals surface area contributed by atoms with Crippen LogP contribution in [0.3, 0.4) is 0 Å². The zero-order valence-electron chi connectivity index (χ0n) is 12.9. The topological polar surface area (TPSA) is 119 Å². The van der Waals surface area contributed by atoms with Gasteiger partial charge >= 0.3 is 0 Å². The number of benzene rings is 1. The summed E-state index contributed by atoms with van der Waals surface area (Å²) >= 11 is 0. The Labute approximate surface area is 133 Å². The largest absolute Gasteiger partial charge is 0.360 e. The fourth-order valence-corrected chi connectivity index (χ4v) is 1.88. The van der Waals surface area contributed by atoms with Gasteiger partial charge < -0.3 is 10.6 Å². The molecule has 0 radical (unpaired) electrons. The number of aromatic nitrogens is 4. The van der Waals surface area contributed by atoms with Gasteiger partial charge in [-0.25, -0.2) is 0 Å². The number of H-pyrrole nitrogens is 1. The van der Waals surface area contributed by atoms with Gasteiger partial charge in [-0.2, -0.15) is 10.5 Å². The first kappa shape index (κ1) is 16.2. The third kappa shape index (κ3) is 4.14. The van der Waals surface area contributed by atoms with Gasteiger partial charge in [0, 0.05) is 24.0 Å². The van der Waals surface area contributed by atoms with E-state index in [-0.39, 0.29) is 17.3 Å². The van der Waals surface area contributed by atoms with Crippen molar-refractivity contribution in [2.45, 2.75) is 20.3 Å². The van der Waals surface area contributed by atoms with E-state index in [1.807, 2.05) is 19.9 Å². The van der Waals surface area contributed by atoms with Crippen LogP contribution in [0.15, 0.2) is 24.4 Å². The standard InChI is InChI=1S/C15H17N7O/c1-3-6-17-15(23)11-4-5-13(10(2)7-11)18-9-12(8-16)14-19-21-22-20-14/h4-5,7,9,18H,3,6H2,1-2H3,(H,17,23)(H,19,20,21,22). The first-order chi connectivity index (χ1) is 11.2. The van der Waals surface area contributed by atoms with Gasteiger partial charge in [0.2, 0.25) is 5.82 Å². The van der Waals surface area contributed by atoms with Crippen molar-refractivity contribution >= 4 is 17.2 Å². The van der Waals surface area contributed by atoms with Gasteiger partial charge in [0.1, 0.15) is 11.6 Å². The summed E-state index contributed by atoms with van der Waals surface area (Å²) in [6.07, 6.45) is 2.40. The van der Waals surface area contributed by atoms with Crippen LogP contribution >= 0.6 is 0 Å². The molecule has 1 aromatic carbocycles. The van der Waals surface area contributed by atoms with Crippen molar-refractivity contribution in [3.05, 3.63) is 41.4 Å². The molecule has 118 valence electrons. The van der Waals surface area contributed by atoms with E-state index < -0.39 is 0 Å². The maximum absolute atomic E-state index is 11.9. The molecule has 0 atom stereocenters. The molecule has 2 rings (SSSR count). The molecule has 1 amide bonds. The van der Waals surface area contributed by atoms with Crippen molar-refractivity contribution in [2.24, 2.45) is 0 Å². The highest BCUT2D eigenvalue weighted by Gasteiger charge is 2.08. The Morgan fingerprint density at radius 3 is 2.91 bits per heavy atom. The molecule has 1 heterocycles. The van der Waals surface area contributed by atoms with E-state index in [1.54, 1.807) is 18.2 Å². The van der Waals surface area contributed by atoms with Crippen LogP contribution in [-0.2, 0) is 0 Å². The molecule has 8 nitrogen and oxygen atoms in total. The Balaban J connectivity index is 2.12. The number of tetrazole rings is 1. The molecular weight excluding hydrogens is 294 g/mol. The summed E-state index contributed by atoms with van der Waals surface area (Å²) in [5.41, 5.74) is 2.52. The molecule has 23 heavy (non-hydrogen) atoms. The molecule has 0 unspecified atom stereocenters. The normalized spacial score (nSPS) is 10.9. The molecule has 0 saturated carbocycles. The van der Waals surface area contributed by atoms with Crippen LogP contribution < -0.4 is 10.6 Å². The van der Waals surface area contributed by atoms with Gasteiger partial charge in [0.25, 0.3) is 5.91 Å². The van der Waals surface area contributed by atoms with Crippen LogP contribution in [-0.4, -0.2) is 33.1 Å². The lowest BCUT2D eigenvalue weighted by atomic mass is 10.1.